The smallest absolute Gasteiger partial charge is 0.339 e. The van der Waals surface area contributed by atoms with Crippen molar-refractivity contribution >= 4 is 11.8 Å². The van der Waals surface area contributed by atoms with E-state index in [1.54, 1.807) is 4.90 Å². The largest absolute Gasteiger partial charge is 0.478 e. The molecule has 6 heteroatoms. The second-order valence-electron chi connectivity index (χ2n) is 5.72. The van der Waals surface area contributed by atoms with Gasteiger partial charge in [0.25, 0.3) is 0 Å². The normalized spacial score (nSPS) is 23.9. The number of carboxylic acids is 1. The van der Waals surface area contributed by atoms with Crippen molar-refractivity contribution in [2.45, 2.75) is 11.6 Å². The minimum Gasteiger partial charge on any atom is -0.478 e. The summed E-state index contributed by atoms with van der Waals surface area (Å²) < 4.78 is 15.2. The molecule has 3 rings (SSSR count). The van der Waals surface area contributed by atoms with Gasteiger partial charge in [0.1, 0.15) is 11.4 Å². The van der Waals surface area contributed by atoms with Crippen LogP contribution in [0.1, 0.15) is 21.8 Å². The van der Waals surface area contributed by atoms with Gasteiger partial charge in [-0.3, -0.25) is 0 Å². The lowest BCUT2D eigenvalue weighted by Crippen LogP contribution is -2.36. The molecule has 120 valence electrons. The number of alkyl halides is 1. The topological polar surface area (TPSA) is 73.7 Å². The monoisotopic (exact) mass is 316 g/mol. The highest BCUT2D eigenvalue weighted by molar-refractivity contribution is 5.93. The SMILES string of the molecule is O=C(O)c1cccnc1N1CC(c2ccccc2)C(F)(CO)C1. The molecule has 1 aromatic heterocycles. The van der Waals surface area contributed by atoms with Gasteiger partial charge >= 0.3 is 5.97 Å². The minimum atomic E-state index is -1.84. The first kappa shape index (κ1) is 15.4. The Morgan fingerprint density at radius 2 is 2.04 bits per heavy atom. The number of pyridine rings is 1. The molecule has 1 fully saturated rings. The van der Waals surface area contributed by atoms with Gasteiger partial charge < -0.3 is 15.1 Å². The lowest BCUT2D eigenvalue weighted by molar-refractivity contribution is 0.0695. The summed E-state index contributed by atoms with van der Waals surface area (Å²) in [7, 11) is 0. The number of carboxylic acid groups (broad SMARTS) is 1. The van der Waals surface area contributed by atoms with E-state index in [-0.39, 0.29) is 24.5 Å². The third-order valence-electron chi connectivity index (χ3n) is 4.26. The van der Waals surface area contributed by atoms with E-state index in [0.717, 1.165) is 5.56 Å². The third kappa shape index (κ3) is 2.77. The summed E-state index contributed by atoms with van der Waals surface area (Å²) in [5, 5.41) is 18.8. The number of anilines is 1. The zero-order valence-corrected chi connectivity index (χ0v) is 12.4. The molecule has 0 aliphatic carbocycles. The Bertz CT molecular complexity index is 710. The second kappa shape index (κ2) is 5.96. The molecule has 1 saturated heterocycles. The van der Waals surface area contributed by atoms with Crippen molar-refractivity contribution < 1.29 is 19.4 Å². The van der Waals surface area contributed by atoms with Gasteiger partial charge in [-0.25, -0.2) is 14.2 Å². The Labute approximate surface area is 133 Å². The summed E-state index contributed by atoms with van der Waals surface area (Å²) in [5.74, 6) is -1.42. The van der Waals surface area contributed by atoms with Crippen LogP contribution in [0.15, 0.2) is 48.7 Å². The van der Waals surface area contributed by atoms with E-state index in [2.05, 4.69) is 4.98 Å². The number of carbonyl (C=O) groups is 1. The van der Waals surface area contributed by atoms with Crippen LogP contribution in [0.3, 0.4) is 0 Å². The van der Waals surface area contributed by atoms with E-state index in [1.165, 1.54) is 18.3 Å². The number of benzene rings is 1. The maximum atomic E-state index is 15.2. The van der Waals surface area contributed by atoms with Gasteiger partial charge in [0.05, 0.1) is 13.2 Å². The predicted octanol–water partition coefficient (Wildman–Crippen LogP) is 2.08. The van der Waals surface area contributed by atoms with Crippen LogP contribution in [0.4, 0.5) is 10.2 Å². The highest BCUT2D eigenvalue weighted by atomic mass is 19.1. The summed E-state index contributed by atoms with van der Waals surface area (Å²) in [5.41, 5.74) is -1.03. The maximum Gasteiger partial charge on any atom is 0.339 e. The number of aromatic nitrogens is 1. The van der Waals surface area contributed by atoms with Gasteiger partial charge in [-0.2, -0.15) is 0 Å². The molecule has 2 atom stereocenters. The number of aliphatic hydroxyl groups is 1. The van der Waals surface area contributed by atoms with Crippen molar-refractivity contribution in [3.63, 3.8) is 0 Å². The first-order valence-electron chi connectivity index (χ1n) is 7.33. The van der Waals surface area contributed by atoms with E-state index >= 15 is 4.39 Å². The maximum absolute atomic E-state index is 15.2. The molecule has 2 heterocycles. The van der Waals surface area contributed by atoms with Crippen LogP contribution in [0, 0.1) is 0 Å². The first-order chi connectivity index (χ1) is 11.0. The summed E-state index contributed by atoms with van der Waals surface area (Å²) in [6.07, 6.45) is 1.48. The molecule has 23 heavy (non-hydrogen) atoms. The van der Waals surface area contributed by atoms with Gasteiger partial charge in [-0.15, -0.1) is 0 Å². The highest BCUT2D eigenvalue weighted by Crippen LogP contribution is 2.40. The molecule has 0 bridgehead atoms. The van der Waals surface area contributed by atoms with E-state index in [9.17, 15) is 15.0 Å². The molecule has 1 aliphatic rings. The molecule has 0 radical (unpaired) electrons. The molecule has 0 spiro atoms. The summed E-state index contributed by atoms with van der Waals surface area (Å²) >= 11 is 0. The number of aromatic carboxylic acids is 1. The Morgan fingerprint density at radius 1 is 1.30 bits per heavy atom. The van der Waals surface area contributed by atoms with Crippen molar-refractivity contribution in [3.05, 3.63) is 59.8 Å². The van der Waals surface area contributed by atoms with Crippen molar-refractivity contribution in [2.75, 3.05) is 24.6 Å². The van der Waals surface area contributed by atoms with Gasteiger partial charge in [-0.05, 0) is 17.7 Å². The number of halogens is 1. The molecular weight excluding hydrogens is 299 g/mol. The van der Waals surface area contributed by atoms with Crippen LogP contribution in [0.5, 0.6) is 0 Å². The number of hydrogen-bond acceptors (Lipinski definition) is 4. The molecule has 2 N–H and O–H groups in total. The van der Waals surface area contributed by atoms with Gasteiger partial charge in [0, 0.05) is 18.7 Å². The Hall–Kier alpha value is -2.47. The molecule has 1 aliphatic heterocycles. The molecule has 2 aromatic rings. The Morgan fingerprint density at radius 3 is 2.70 bits per heavy atom. The summed E-state index contributed by atoms with van der Waals surface area (Å²) in [6.45, 7) is -0.461. The molecule has 0 saturated carbocycles. The van der Waals surface area contributed by atoms with E-state index < -0.39 is 24.2 Å². The van der Waals surface area contributed by atoms with Crippen molar-refractivity contribution in [2.24, 2.45) is 0 Å². The zero-order chi connectivity index (χ0) is 16.4. The van der Waals surface area contributed by atoms with Crippen molar-refractivity contribution in [1.82, 2.24) is 4.98 Å². The van der Waals surface area contributed by atoms with Crippen molar-refractivity contribution in [3.8, 4) is 0 Å². The third-order valence-corrected chi connectivity index (χ3v) is 4.26. The number of nitrogens with zero attached hydrogens (tertiary/aromatic N) is 2. The molecule has 5 nitrogen and oxygen atoms in total. The van der Waals surface area contributed by atoms with Crippen molar-refractivity contribution in [1.29, 1.82) is 0 Å². The Kier molecular flexibility index (Phi) is 4.00. The van der Waals surface area contributed by atoms with E-state index in [4.69, 9.17) is 0 Å². The number of rotatable bonds is 4. The molecule has 0 amide bonds. The first-order valence-corrected chi connectivity index (χ1v) is 7.33. The fraction of sp³-hybridized carbons (Fsp3) is 0.294. The predicted molar refractivity (Wildman–Crippen MR) is 83.5 cm³/mol. The van der Waals surface area contributed by atoms with Gasteiger partial charge in [0.2, 0.25) is 0 Å². The zero-order valence-electron chi connectivity index (χ0n) is 12.4. The van der Waals surface area contributed by atoms with Gasteiger partial charge in [-0.1, -0.05) is 30.3 Å². The van der Waals surface area contributed by atoms with Crippen LogP contribution in [0.2, 0.25) is 0 Å². The Balaban J connectivity index is 1.98. The van der Waals surface area contributed by atoms with Crippen LogP contribution < -0.4 is 4.90 Å². The summed E-state index contributed by atoms with van der Waals surface area (Å²) in [4.78, 5) is 17.1. The summed E-state index contributed by atoms with van der Waals surface area (Å²) in [6, 6.07) is 12.1. The second-order valence-corrected chi connectivity index (χ2v) is 5.72. The van der Waals surface area contributed by atoms with E-state index in [1.807, 2.05) is 30.3 Å². The average Bonchev–Trinajstić information content (AvgIpc) is 2.94. The molecular formula is C17H17FN2O3. The van der Waals surface area contributed by atoms with Crippen LogP contribution in [-0.4, -0.2) is 46.5 Å². The van der Waals surface area contributed by atoms with Crippen LogP contribution in [0.25, 0.3) is 0 Å². The quantitative estimate of drug-likeness (QED) is 0.903. The standard InChI is InChI=1S/C17H17FN2O3/c18-17(11-21)10-20(9-14(17)12-5-2-1-3-6-12)15-13(16(22)23)7-4-8-19-15/h1-8,14,21H,9-11H2,(H,22,23). The molecule has 2 unspecified atom stereocenters. The van der Waals surface area contributed by atoms with Gasteiger partial charge in [0.15, 0.2) is 5.67 Å². The highest BCUT2D eigenvalue weighted by Gasteiger charge is 2.48. The fourth-order valence-corrected chi connectivity index (χ4v) is 3.10. The van der Waals surface area contributed by atoms with E-state index in [0.29, 0.717) is 0 Å². The number of hydrogen-bond donors (Lipinski definition) is 2. The average molecular weight is 316 g/mol. The van der Waals surface area contributed by atoms with Crippen LogP contribution in [-0.2, 0) is 0 Å². The minimum absolute atomic E-state index is 0.0292. The lowest BCUT2D eigenvalue weighted by Gasteiger charge is -2.23. The fourth-order valence-electron chi connectivity index (χ4n) is 3.10. The number of aliphatic hydroxyl groups excluding tert-OH is 1. The molecule has 1 aromatic carbocycles. The lowest BCUT2D eigenvalue weighted by atomic mass is 9.87. The van der Waals surface area contributed by atoms with Crippen LogP contribution >= 0.6 is 0 Å².